The summed E-state index contributed by atoms with van der Waals surface area (Å²) in [6.45, 7) is 3.84. The van der Waals surface area contributed by atoms with Crippen molar-refractivity contribution >= 4 is 35.2 Å². The Hall–Kier alpha value is -2.08. The molecule has 0 aliphatic carbocycles. The van der Waals surface area contributed by atoms with Gasteiger partial charge in [0.05, 0.1) is 23.1 Å². The van der Waals surface area contributed by atoms with Gasteiger partial charge in [-0.3, -0.25) is 9.59 Å². The summed E-state index contributed by atoms with van der Waals surface area (Å²) in [5, 5.41) is -0.550. The molecule has 0 radical (unpaired) electrons. The van der Waals surface area contributed by atoms with Gasteiger partial charge < -0.3 is 4.74 Å². The van der Waals surface area contributed by atoms with E-state index < -0.39 is 17.1 Å². The van der Waals surface area contributed by atoms with Crippen LogP contribution >= 0.6 is 11.8 Å². The number of esters is 1. The third kappa shape index (κ3) is 2.67. The first-order valence-electron chi connectivity index (χ1n) is 7.51. The third-order valence-corrected chi connectivity index (χ3v) is 5.54. The van der Waals surface area contributed by atoms with Crippen molar-refractivity contribution in [1.29, 1.82) is 0 Å². The smallest absolute Gasteiger partial charge is 0.344 e. The number of nitrogens with zero attached hydrogens (tertiary/aromatic N) is 1. The van der Waals surface area contributed by atoms with Gasteiger partial charge in [0.25, 0.3) is 0 Å². The molecule has 1 aromatic rings. The van der Waals surface area contributed by atoms with Crippen LogP contribution in [0.5, 0.6) is 0 Å². The van der Waals surface area contributed by atoms with E-state index in [1.165, 1.54) is 4.90 Å². The first kappa shape index (κ1) is 15.8. The van der Waals surface area contributed by atoms with Gasteiger partial charge in [-0.1, -0.05) is 23.8 Å². The van der Waals surface area contributed by atoms with E-state index in [4.69, 9.17) is 4.74 Å². The molecule has 0 spiro atoms. The van der Waals surface area contributed by atoms with E-state index in [1.54, 1.807) is 31.2 Å². The monoisotopic (exact) mass is 331 g/mol. The maximum absolute atomic E-state index is 12.7. The highest BCUT2D eigenvalue weighted by atomic mass is 32.2. The number of fused-ring (bicyclic) bond motifs is 1. The second kappa shape index (κ2) is 6.20. The molecule has 23 heavy (non-hydrogen) atoms. The maximum atomic E-state index is 12.7. The van der Waals surface area contributed by atoms with Crippen molar-refractivity contribution in [2.24, 2.45) is 5.92 Å². The van der Waals surface area contributed by atoms with Crippen LogP contribution in [-0.2, 0) is 19.1 Å². The number of anilines is 1. The number of benzene rings is 1. The molecule has 0 aromatic heterocycles. The summed E-state index contributed by atoms with van der Waals surface area (Å²) in [4.78, 5) is 39.1. The molecule has 2 aliphatic rings. The summed E-state index contributed by atoms with van der Waals surface area (Å²) in [6, 6.07) is 8.90. The van der Waals surface area contributed by atoms with Crippen LogP contribution in [-0.4, -0.2) is 29.6 Å². The summed E-state index contributed by atoms with van der Waals surface area (Å²) < 4.78 is 5.05. The Morgan fingerprint density at radius 1 is 1.26 bits per heavy atom. The van der Waals surface area contributed by atoms with Gasteiger partial charge in [-0.25, -0.2) is 9.69 Å². The third-order valence-electron chi connectivity index (χ3n) is 4.00. The topological polar surface area (TPSA) is 63.7 Å². The van der Waals surface area contributed by atoms with Crippen molar-refractivity contribution in [2.45, 2.75) is 25.5 Å². The Balaban J connectivity index is 1.89. The molecule has 120 valence electrons. The minimum atomic E-state index is -0.550. The Morgan fingerprint density at radius 3 is 2.61 bits per heavy atom. The molecule has 1 aromatic carbocycles. The van der Waals surface area contributed by atoms with Crippen molar-refractivity contribution < 1.29 is 19.1 Å². The zero-order chi connectivity index (χ0) is 16.6. The number of hydrogen-bond donors (Lipinski definition) is 0. The van der Waals surface area contributed by atoms with Crippen LogP contribution < -0.4 is 4.90 Å². The van der Waals surface area contributed by atoms with Gasteiger partial charge in [-0.15, -0.1) is 11.8 Å². The van der Waals surface area contributed by atoms with E-state index in [9.17, 15) is 14.4 Å². The average Bonchev–Trinajstić information content (AvgIpc) is 2.78. The lowest BCUT2D eigenvalue weighted by Crippen LogP contribution is -2.31. The van der Waals surface area contributed by atoms with Gasteiger partial charge in [-0.2, -0.15) is 0 Å². The highest BCUT2D eigenvalue weighted by Gasteiger charge is 2.51. The van der Waals surface area contributed by atoms with Crippen molar-refractivity contribution in [3.63, 3.8) is 0 Å². The van der Waals surface area contributed by atoms with Crippen LogP contribution in [0.25, 0.3) is 0 Å². The lowest BCUT2D eigenvalue weighted by atomic mass is 9.97. The largest absolute Gasteiger partial charge is 0.462 e. The van der Waals surface area contributed by atoms with Gasteiger partial charge in [-0.05, 0) is 32.4 Å². The number of para-hydroxylation sites is 1. The summed E-state index contributed by atoms with van der Waals surface area (Å²) >= 11 is 1.16. The number of carbonyl (C=O) groups is 3. The predicted octanol–water partition coefficient (Wildman–Crippen LogP) is 2.52. The minimum Gasteiger partial charge on any atom is -0.462 e. The molecule has 3 rings (SSSR count). The fourth-order valence-electron chi connectivity index (χ4n) is 2.93. The quantitative estimate of drug-likeness (QED) is 0.629. The van der Waals surface area contributed by atoms with Gasteiger partial charge in [0.2, 0.25) is 11.8 Å². The molecule has 2 amide bonds. The summed E-state index contributed by atoms with van der Waals surface area (Å²) in [5.74, 6) is -1.27. The van der Waals surface area contributed by atoms with Crippen LogP contribution in [0.2, 0.25) is 0 Å². The number of carbonyl (C=O) groups excluding carboxylic acids is 3. The van der Waals surface area contributed by atoms with Crippen molar-refractivity contribution in [2.75, 3.05) is 11.5 Å². The first-order valence-corrected chi connectivity index (χ1v) is 8.39. The van der Waals surface area contributed by atoms with Gasteiger partial charge in [0.15, 0.2) is 0 Å². The lowest BCUT2D eigenvalue weighted by Gasteiger charge is -2.23. The van der Waals surface area contributed by atoms with E-state index in [0.29, 0.717) is 17.0 Å². The Bertz CT molecular complexity index is 698. The molecule has 5 nitrogen and oxygen atoms in total. The molecule has 2 heterocycles. The SMILES string of the molecule is CCOC(=O)C1=C(C)CC2C(=O)N(c3ccccc3)C(=O)C2S1. The number of amides is 2. The Kier molecular flexibility index (Phi) is 4.26. The number of allylic oxidation sites excluding steroid dienone is 1. The van der Waals surface area contributed by atoms with E-state index in [2.05, 4.69) is 0 Å². The molecule has 6 heteroatoms. The zero-order valence-corrected chi connectivity index (χ0v) is 13.8. The highest BCUT2D eigenvalue weighted by molar-refractivity contribution is 8.05. The predicted molar refractivity (Wildman–Crippen MR) is 87.8 cm³/mol. The number of hydrogen-bond acceptors (Lipinski definition) is 5. The van der Waals surface area contributed by atoms with E-state index in [1.807, 2.05) is 13.0 Å². The van der Waals surface area contributed by atoms with Crippen molar-refractivity contribution in [1.82, 2.24) is 0 Å². The molecule has 0 saturated carbocycles. The molecule has 2 aliphatic heterocycles. The second-order valence-corrected chi connectivity index (χ2v) is 6.68. The van der Waals surface area contributed by atoms with Crippen molar-refractivity contribution in [3.05, 3.63) is 40.8 Å². The zero-order valence-electron chi connectivity index (χ0n) is 12.9. The van der Waals surface area contributed by atoms with Crippen LogP contribution in [0.1, 0.15) is 20.3 Å². The minimum absolute atomic E-state index is 0.194. The van der Waals surface area contributed by atoms with Gasteiger partial charge in [0.1, 0.15) is 5.25 Å². The van der Waals surface area contributed by atoms with E-state index >= 15 is 0 Å². The number of thioether (sulfide) groups is 1. The molecule has 1 fully saturated rings. The second-order valence-electron chi connectivity index (χ2n) is 5.53. The summed E-state index contributed by atoms with van der Waals surface area (Å²) in [5.41, 5.74) is 1.39. The molecule has 0 N–H and O–H groups in total. The van der Waals surface area contributed by atoms with Crippen molar-refractivity contribution in [3.8, 4) is 0 Å². The normalized spacial score (nSPS) is 24.0. The molecular weight excluding hydrogens is 314 g/mol. The van der Waals surface area contributed by atoms with Crippen LogP contribution in [0.4, 0.5) is 5.69 Å². The molecule has 0 bridgehead atoms. The fraction of sp³-hybridized carbons (Fsp3) is 0.353. The number of ether oxygens (including phenoxy) is 1. The molecular formula is C17H17NO4S. The molecule has 2 unspecified atom stereocenters. The van der Waals surface area contributed by atoms with Gasteiger partial charge >= 0.3 is 5.97 Å². The van der Waals surface area contributed by atoms with E-state index in [0.717, 1.165) is 17.3 Å². The van der Waals surface area contributed by atoms with Gasteiger partial charge in [0, 0.05) is 0 Å². The number of imide groups is 1. The maximum Gasteiger partial charge on any atom is 0.344 e. The Labute approximate surface area is 138 Å². The standard InChI is InChI=1S/C17H17NO4S/c1-3-22-17(21)13-10(2)9-12-14(23-13)16(20)18(15(12)19)11-7-5-4-6-8-11/h4-8,12,14H,3,9H2,1-2H3. The van der Waals surface area contributed by atoms with Crippen LogP contribution in [0.3, 0.4) is 0 Å². The average molecular weight is 331 g/mol. The molecule has 2 atom stereocenters. The van der Waals surface area contributed by atoms with E-state index in [-0.39, 0.29) is 18.4 Å². The lowest BCUT2D eigenvalue weighted by molar-refractivity contribution is -0.137. The van der Waals surface area contributed by atoms with Crippen LogP contribution in [0.15, 0.2) is 40.8 Å². The molecule has 1 saturated heterocycles. The summed E-state index contributed by atoms with van der Waals surface area (Å²) in [7, 11) is 0. The fourth-order valence-corrected chi connectivity index (χ4v) is 4.21. The first-order chi connectivity index (χ1) is 11.0. The summed E-state index contributed by atoms with van der Waals surface area (Å²) in [6.07, 6.45) is 0.416. The number of rotatable bonds is 3. The van der Waals surface area contributed by atoms with Crippen LogP contribution in [0, 0.1) is 5.92 Å². The Morgan fingerprint density at radius 2 is 1.96 bits per heavy atom. The highest BCUT2D eigenvalue weighted by Crippen LogP contribution is 2.45.